The molecule has 0 spiro atoms. The summed E-state index contributed by atoms with van der Waals surface area (Å²) in [4.78, 5) is 9.06. The Kier molecular flexibility index (Phi) is 2.84. The van der Waals surface area contributed by atoms with Crippen molar-refractivity contribution in [3.05, 3.63) is 11.2 Å². The van der Waals surface area contributed by atoms with Gasteiger partial charge in [0.05, 0.1) is 6.54 Å². The van der Waals surface area contributed by atoms with Gasteiger partial charge in [0.2, 0.25) is 5.95 Å². The summed E-state index contributed by atoms with van der Waals surface area (Å²) >= 11 is 5.70. The van der Waals surface area contributed by atoms with E-state index in [1.54, 1.807) is 0 Å². The number of halogens is 3. The van der Waals surface area contributed by atoms with Gasteiger partial charge >= 0.3 is 0 Å². The van der Waals surface area contributed by atoms with Crippen LogP contribution in [0, 0.1) is 0 Å². The monoisotopic (exact) mass is 248 g/mol. The molecule has 1 saturated heterocycles. The van der Waals surface area contributed by atoms with Crippen LogP contribution in [0.1, 0.15) is 12.8 Å². The predicted octanol–water partition coefficient (Wildman–Crippen LogP) is 1.95. The van der Waals surface area contributed by atoms with Crippen LogP contribution < -0.4 is 10.6 Å². The molecule has 0 aromatic carbocycles. The number of nitrogens with zero attached hydrogens (tertiary/aromatic N) is 3. The first-order valence-corrected chi connectivity index (χ1v) is 5.27. The van der Waals surface area contributed by atoms with Gasteiger partial charge in [-0.25, -0.2) is 13.8 Å². The summed E-state index contributed by atoms with van der Waals surface area (Å²) in [7, 11) is 0. The van der Waals surface area contributed by atoms with E-state index in [1.807, 2.05) is 0 Å². The van der Waals surface area contributed by atoms with Gasteiger partial charge in [-0.15, -0.1) is 0 Å². The average Bonchev–Trinajstić information content (AvgIpc) is 2.14. The second kappa shape index (κ2) is 4.01. The first-order chi connectivity index (χ1) is 7.46. The van der Waals surface area contributed by atoms with Gasteiger partial charge in [-0.2, -0.15) is 4.98 Å². The summed E-state index contributed by atoms with van der Waals surface area (Å²) in [6.07, 6.45) is 0.340. The van der Waals surface area contributed by atoms with E-state index >= 15 is 0 Å². The Balaban J connectivity index is 2.23. The smallest absolute Gasteiger partial charge is 0.265 e. The third-order valence-corrected chi connectivity index (χ3v) is 2.61. The fraction of sp³-hybridized carbons (Fsp3) is 0.556. The molecular weight excluding hydrogens is 238 g/mol. The summed E-state index contributed by atoms with van der Waals surface area (Å²) in [5.41, 5.74) is 5.41. The molecule has 1 aromatic rings. The maximum absolute atomic E-state index is 13.2. The van der Waals surface area contributed by atoms with E-state index in [0.717, 1.165) is 0 Å². The van der Waals surface area contributed by atoms with Crippen molar-refractivity contribution in [2.45, 2.75) is 18.8 Å². The molecule has 0 saturated carbocycles. The van der Waals surface area contributed by atoms with E-state index in [9.17, 15) is 8.78 Å². The molecule has 1 aliphatic heterocycles. The van der Waals surface area contributed by atoms with E-state index < -0.39 is 5.92 Å². The minimum atomic E-state index is -2.68. The Morgan fingerprint density at radius 2 is 2.19 bits per heavy atom. The number of alkyl halides is 2. The third-order valence-electron chi connectivity index (χ3n) is 2.42. The molecule has 2 rings (SSSR count). The van der Waals surface area contributed by atoms with Gasteiger partial charge in [-0.1, -0.05) is 11.6 Å². The van der Waals surface area contributed by atoms with Gasteiger partial charge in [0.25, 0.3) is 5.92 Å². The van der Waals surface area contributed by atoms with E-state index in [4.69, 9.17) is 17.3 Å². The Morgan fingerprint density at radius 1 is 1.44 bits per heavy atom. The molecule has 2 N–H and O–H groups in total. The van der Waals surface area contributed by atoms with Crippen LogP contribution >= 0.6 is 11.6 Å². The normalized spacial score (nSPS) is 19.8. The van der Waals surface area contributed by atoms with Crippen molar-refractivity contribution < 1.29 is 8.78 Å². The highest BCUT2D eigenvalue weighted by molar-refractivity contribution is 6.29. The summed E-state index contributed by atoms with van der Waals surface area (Å²) in [6, 6.07) is 1.44. The van der Waals surface area contributed by atoms with Gasteiger partial charge in [0.15, 0.2) is 0 Å². The predicted molar refractivity (Wildman–Crippen MR) is 57.8 cm³/mol. The van der Waals surface area contributed by atoms with E-state index in [-0.39, 0.29) is 24.1 Å². The van der Waals surface area contributed by atoms with Gasteiger partial charge in [-0.3, -0.25) is 0 Å². The zero-order valence-electron chi connectivity index (χ0n) is 8.46. The highest BCUT2D eigenvalue weighted by Crippen LogP contribution is 2.29. The molecule has 1 aromatic heterocycles. The molecule has 0 amide bonds. The Hall–Kier alpha value is -1.17. The molecule has 16 heavy (non-hydrogen) atoms. The maximum Gasteiger partial charge on any atom is 0.265 e. The van der Waals surface area contributed by atoms with Crippen LogP contribution in [0.3, 0.4) is 0 Å². The zero-order chi connectivity index (χ0) is 11.8. The highest BCUT2D eigenvalue weighted by atomic mass is 35.5. The van der Waals surface area contributed by atoms with Crippen molar-refractivity contribution in [2.75, 3.05) is 23.7 Å². The maximum atomic E-state index is 13.2. The Bertz CT molecular complexity index is 379. The molecule has 0 unspecified atom stereocenters. The third kappa shape index (κ3) is 2.49. The summed E-state index contributed by atoms with van der Waals surface area (Å²) in [5.74, 6) is -2.32. The molecular formula is C9H11ClF2N4. The molecule has 1 aliphatic rings. The van der Waals surface area contributed by atoms with Crippen molar-refractivity contribution in [3.8, 4) is 0 Å². The van der Waals surface area contributed by atoms with Gasteiger partial charge in [0, 0.05) is 19.0 Å². The molecule has 7 heteroatoms. The molecule has 0 aliphatic carbocycles. The highest BCUT2D eigenvalue weighted by Gasteiger charge is 2.35. The van der Waals surface area contributed by atoms with Crippen molar-refractivity contribution in [3.63, 3.8) is 0 Å². The Labute approximate surface area is 96.4 Å². The van der Waals surface area contributed by atoms with Crippen molar-refractivity contribution in [1.82, 2.24) is 9.97 Å². The molecule has 0 radical (unpaired) electrons. The van der Waals surface area contributed by atoms with Crippen LogP contribution in [-0.4, -0.2) is 29.0 Å². The number of nitrogens with two attached hydrogens (primary N) is 1. The molecule has 1 fully saturated rings. The van der Waals surface area contributed by atoms with E-state index in [0.29, 0.717) is 18.8 Å². The average molecular weight is 249 g/mol. The van der Waals surface area contributed by atoms with Crippen molar-refractivity contribution >= 4 is 23.4 Å². The largest absolute Gasteiger partial charge is 0.368 e. The fourth-order valence-corrected chi connectivity index (χ4v) is 1.93. The lowest BCUT2D eigenvalue weighted by atomic mass is 10.1. The number of hydrogen-bond acceptors (Lipinski definition) is 4. The quantitative estimate of drug-likeness (QED) is 0.772. The zero-order valence-corrected chi connectivity index (χ0v) is 9.21. The molecule has 0 bridgehead atoms. The van der Waals surface area contributed by atoms with Crippen molar-refractivity contribution in [1.29, 1.82) is 0 Å². The van der Waals surface area contributed by atoms with Crippen molar-refractivity contribution in [2.24, 2.45) is 0 Å². The second-order valence-electron chi connectivity index (χ2n) is 3.79. The minimum absolute atomic E-state index is 0.00334. The Morgan fingerprint density at radius 3 is 2.81 bits per heavy atom. The summed E-state index contributed by atoms with van der Waals surface area (Å²) < 4.78 is 26.4. The first-order valence-electron chi connectivity index (χ1n) is 4.89. The topological polar surface area (TPSA) is 55.0 Å². The van der Waals surface area contributed by atoms with E-state index in [2.05, 4.69) is 9.97 Å². The lowest BCUT2D eigenvalue weighted by Crippen LogP contribution is -2.43. The van der Waals surface area contributed by atoms with Crippen LogP contribution in [0.5, 0.6) is 0 Å². The summed E-state index contributed by atoms with van der Waals surface area (Å²) in [6.45, 7) is 0.183. The molecule has 4 nitrogen and oxygen atoms in total. The van der Waals surface area contributed by atoms with E-state index in [1.165, 1.54) is 11.0 Å². The minimum Gasteiger partial charge on any atom is -0.368 e. The molecule has 0 atom stereocenters. The number of piperidine rings is 1. The summed E-state index contributed by atoms with van der Waals surface area (Å²) in [5, 5.41) is 0.163. The molecule has 88 valence electrons. The van der Waals surface area contributed by atoms with Gasteiger partial charge in [-0.05, 0) is 6.42 Å². The number of rotatable bonds is 1. The lowest BCUT2D eigenvalue weighted by molar-refractivity contribution is -0.0118. The second-order valence-corrected chi connectivity index (χ2v) is 4.18. The number of anilines is 2. The van der Waals surface area contributed by atoms with Crippen LogP contribution in [0.2, 0.25) is 5.15 Å². The molecule has 2 heterocycles. The lowest BCUT2D eigenvalue weighted by Gasteiger charge is -2.33. The standard InChI is InChI=1S/C9H11ClF2N4/c10-6-4-7(15-8(13)14-6)16-3-1-2-9(11,12)5-16/h4H,1-3,5H2,(H2,13,14,15). The number of hydrogen-bond donors (Lipinski definition) is 1. The SMILES string of the molecule is Nc1nc(Cl)cc(N2CCCC(F)(F)C2)n1. The van der Waals surface area contributed by atoms with Crippen LogP contribution in [-0.2, 0) is 0 Å². The number of nitrogen functional groups attached to an aromatic ring is 1. The fourth-order valence-electron chi connectivity index (χ4n) is 1.75. The van der Waals surface area contributed by atoms with Crippen LogP contribution in [0.15, 0.2) is 6.07 Å². The van der Waals surface area contributed by atoms with Crippen LogP contribution in [0.4, 0.5) is 20.5 Å². The van der Waals surface area contributed by atoms with Crippen LogP contribution in [0.25, 0.3) is 0 Å². The number of aromatic nitrogens is 2. The van der Waals surface area contributed by atoms with Gasteiger partial charge in [0.1, 0.15) is 11.0 Å². The van der Waals surface area contributed by atoms with Gasteiger partial charge < -0.3 is 10.6 Å². The first kappa shape index (κ1) is 11.3.